The van der Waals surface area contributed by atoms with Crippen molar-refractivity contribution >= 4 is 29.2 Å². The van der Waals surface area contributed by atoms with Crippen molar-refractivity contribution in [3.63, 3.8) is 0 Å². The molecule has 0 fully saturated rings. The molecule has 2 aromatic rings. The molecule has 1 unspecified atom stereocenters. The van der Waals surface area contributed by atoms with Gasteiger partial charge in [0.25, 0.3) is 0 Å². The molecule has 140 valence electrons. The van der Waals surface area contributed by atoms with E-state index in [0.717, 1.165) is 5.56 Å². The van der Waals surface area contributed by atoms with Crippen LogP contribution in [0.5, 0.6) is 11.5 Å². The quantitative estimate of drug-likeness (QED) is 0.680. The Morgan fingerprint density at radius 1 is 1.07 bits per heavy atom. The average Bonchev–Trinajstić information content (AvgIpc) is 3.08. The zero-order valence-corrected chi connectivity index (χ0v) is 14.9. The highest BCUT2D eigenvalue weighted by molar-refractivity contribution is 6.30. The highest BCUT2D eigenvalue weighted by Gasteiger charge is 2.33. The number of hydrazone groups is 1. The Morgan fingerprint density at radius 3 is 2.41 bits per heavy atom. The number of carboxylic acid groups (broad SMARTS) is 1. The Bertz CT molecular complexity index is 911. The monoisotopic (exact) mass is 388 g/mol. The molecular formula is C19H17ClN2O5. The van der Waals surface area contributed by atoms with Gasteiger partial charge in [-0.05, 0) is 35.4 Å². The third-order valence-corrected chi connectivity index (χ3v) is 4.53. The van der Waals surface area contributed by atoms with Crippen LogP contribution in [0.1, 0.15) is 36.4 Å². The molecule has 3 rings (SSSR count). The molecule has 0 aromatic heterocycles. The molecular weight excluding hydrogens is 372 g/mol. The molecule has 1 heterocycles. The first-order valence-electron chi connectivity index (χ1n) is 8.24. The standard InChI is InChI=1S/C19H17ClN2O5/c20-13-4-1-11(2-5-13)14-10-15(12-3-6-16(23)17(24)9-12)22(21-14)18(25)7-8-19(26)27/h1-6,9,15,23-24H,7-8,10H2,(H,26,27). The largest absolute Gasteiger partial charge is 0.504 e. The Labute approximate surface area is 160 Å². The van der Waals surface area contributed by atoms with E-state index in [1.54, 1.807) is 30.3 Å². The summed E-state index contributed by atoms with van der Waals surface area (Å²) in [7, 11) is 0. The van der Waals surface area contributed by atoms with Crippen molar-refractivity contribution in [2.24, 2.45) is 5.10 Å². The van der Waals surface area contributed by atoms with Gasteiger partial charge in [0, 0.05) is 17.9 Å². The van der Waals surface area contributed by atoms with Crippen LogP contribution in [0.25, 0.3) is 0 Å². The normalized spacial score (nSPS) is 16.3. The fourth-order valence-electron chi connectivity index (χ4n) is 2.89. The number of amides is 1. The number of carbonyl (C=O) groups excluding carboxylic acids is 1. The summed E-state index contributed by atoms with van der Waals surface area (Å²) in [5.41, 5.74) is 2.02. The zero-order chi connectivity index (χ0) is 19.6. The average molecular weight is 389 g/mol. The summed E-state index contributed by atoms with van der Waals surface area (Å²) in [4.78, 5) is 23.3. The lowest BCUT2D eigenvalue weighted by atomic mass is 9.98. The van der Waals surface area contributed by atoms with Gasteiger partial charge in [0.1, 0.15) is 0 Å². The summed E-state index contributed by atoms with van der Waals surface area (Å²) < 4.78 is 0. The number of carboxylic acids is 1. The topological polar surface area (TPSA) is 110 Å². The van der Waals surface area contributed by atoms with Crippen molar-refractivity contribution < 1.29 is 24.9 Å². The number of aromatic hydroxyl groups is 2. The van der Waals surface area contributed by atoms with Crippen LogP contribution in [-0.2, 0) is 9.59 Å². The van der Waals surface area contributed by atoms with E-state index < -0.39 is 17.9 Å². The molecule has 7 nitrogen and oxygen atoms in total. The molecule has 1 amide bonds. The van der Waals surface area contributed by atoms with Gasteiger partial charge in [-0.3, -0.25) is 9.59 Å². The van der Waals surface area contributed by atoms with Crippen molar-refractivity contribution in [1.29, 1.82) is 0 Å². The molecule has 8 heteroatoms. The third-order valence-electron chi connectivity index (χ3n) is 4.28. The molecule has 1 aliphatic rings. The van der Waals surface area contributed by atoms with Crippen LogP contribution in [0.4, 0.5) is 0 Å². The van der Waals surface area contributed by atoms with Crippen LogP contribution in [-0.4, -0.2) is 37.9 Å². The minimum atomic E-state index is -1.07. The number of rotatable bonds is 5. The summed E-state index contributed by atoms with van der Waals surface area (Å²) in [6, 6.07) is 10.8. The minimum absolute atomic E-state index is 0.187. The molecule has 3 N–H and O–H groups in total. The number of carbonyl (C=O) groups is 2. The second-order valence-electron chi connectivity index (χ2n) is 6.15. The van der Waals surface area contributed by atoms with Gasteiger partial charge in [0.2, 0.25) is 5.91 Å². The fraction of sp³-hybridized carbons (Fsp3) is 0.211. The summed E-state index contributed by atoms with van der Waals surface area (Å²) in [5.74, 6) is -2.06. The third kappa shape index (κ3) is 4.20. The maximum Gasteiger partial charge on any atom is 0.303 e. The molecule has 0 bridgehead atoms. The molecule has 0 aliphatic carbocycles. The Balaban J connectivity index is 1.93. The summed E-state index contributed by atoms with van der Waals surface area (Å²) in [5, 5.41) is 34.4. The van der Waals surface area contributed by atoms with Crippen molar-refractivity contribution in [2.75, 3.05) is 0 Å². The molecule has 0 radical (unpaired) electrons. The van der Waals surface area contributed by atoms with Gasteiger partial charge in [0.05, 0.1) is 18.2 Å². The number of aliphatic carboxylic acids is 1. The zero-order valence-electron chi connectivity index (χ0n) is 14.2. The van der Waals surface area contributed by atoms with Gasteiger partial charge in [0.15, 0.2) is 11.5 Å². The Hall–Kier alpha value is -3.06. The van der Waals surface area contributed by atoms with E-state index >= 15 is 0 Å². The van der Waals surface area contributed by atoms with Gasteiger partial charge in [-0.2, -0.15) is 5.10 Å². The number of hydrogen-bond donors (Lipinski definition) is 3. The second kappa shape index (κ2) is 7.67. The van der Waals surface area contributed by atoms with Gasteiger partial charge in [-0.1, -0.05) is 29.8 Å². The number of halogens is 1. The first-order valence-corrected chi connectivity index (χ1v) is 8.62. The van der Waals surface area contributed by atoms with Gasteiger partial charge in [-0.25, -0.2) is 5.01 Å². The van der Waals surface area contributed by atoms with Crippen LogP contribution in [0.2, 0.25) is 5.02 Å². The predicted molar refractivity (Wildman–Crippen MR) is 98.8 cm³/mol. The fourth-order valence-corrected chi connectivity index (χ4v) is 3.02. The number of phenolic OH excluding ortho intramolecular Hbond substituents is 2. The summed E-state index contributed by atoms with van der Waals surface area (Å²) in [6.45, 7) is 0. The molecule has 1 atom stereocenters. The van der Waals surface area contributed by atoms with Crippen molar-refractivity contribution in [3.8, 4) is 11.5 Å². The molecule has 0 saturated carbocycles. The lowest BCUT2D eigenvalue weighted by Crippen LogP contribution is -2.27. The van der Waals surface area contributed by atoms with E-state index in [0.29, 0.717) is 22.7 Å². The molecule has 27 heavy (non-hydrogen) atoms. The maximum absolute atomic E-state index is 12.5. The van der Waals surface area contributed by atoms with Crippen molar-refractivity contribution in [2.45, 2.75) is 25.3 Å². The number of hydrogen-bond acceptors (Lipinski definition) is 5. The van der Waals surface area contributed by atoms with E-state index in [-0.39, 0.29) is 24.3 Å². The molecule has 0 saturated heterocycles. The Morgan fingerprint density at radius 2 is 1.78 bits per heavy atom. The van der Waals surface area contributed by atoms with E-state index in [1.807, 2.05) is 0 Å². The molecule has 0 spiro atoms. The number of nitrogens with zero attached hydrogens (tertiary/aromatic N) is 2. The van der Waals surface area contributed by atoms with E-state index in [4.69, 9.17) is 16.7 Å². The smallest absolute Gasteiger partial charge is 0.303 e. The van der Waals surface area contributed by atoms with Crippen LogP contribution < -0.4 is 0 Å². The molecule has 1 aliphatic heterocycles. The van der Waals surface area contributed by atoms with E-state index in [1.165, 1.54) is 17.1 Å². The van der Waals surface area contributed by atoms with Crippen molar-refractivity contribution in [3.05, 3.63) is 58.6 Å². The highest BCUT2D eigenvalue weighted by atomic mass is 35.5. The van der Waals surface area contributed by atoms with Crippen molar-refractivity contribution in [1.82, 2.24) is 5.01 Å². The van der Waals surface area contributed by atoms with Crippen LogP contribution in [0.3, 0.4) is 0 Å². The van der Waals surface area contributed by atoms with Gasteiger partial charge in [-0.15, -0.1) is 0 Å². The highest BCUT2D eigenvalue weighted by Crippen LogP contribution is 2.37. The van der Waals surface area contributed by atoms with E-state index in [9.17, 15) is 19.8 Å². The number of benzene rings is 2. The van der Waals surface area contributed by atoms with Gasteiger partial charge < -0.3 is 15.3 Å². The van der Waals surface area contributed by atoms with Gasteiger partial charge >= 0.3 is 5.97 Å². The Kier molecular flexibility index (Phi) is 5.32. The first kappa shape index (κ1) is 18.7. The van der Waals surface area contributed by atoms with E-state index in [2.05, 4.69) is 5.10 Å². The SMILES string of the molecule is O=C(O)CCC(=O)N1N=C(c2ccc(Cl)cc2)CC1c1ccc(O)c(O)c1. The maximum atomic E-state index is 12.5. The van der Waals surface area contributed by atoms with Crippen LogP contribution >= 0.6 is 11.6 Å². The number of phenols is 2. The van der Waals surface area contributed by atoms with Crippen LogP contribution in [0, 0.1) is 0 Å². The summed E-state index contributed by atoms with van der Waals surface area (Å²) in [6.07, 6.45) is -0.105. The molecule has 2 aromatic carbocycles. The second-order valence-corrected chi connectivity index (χ2v) is 6.59. The minimum Gasteiger partial charge on any atom is -0.504 e. The predicted octanol–water partition coefficient (Wildman–Crippen LogP) is 3.29. The lowest BCUT2D eigenvalue weighted by Gasteiger charge is -2.22. The lowest BCUT2D eigenvalue weighted by molar-refractivity contribution is -0.141. The summed E-state index contributed by atoms with van der Waals surface area (Å²) >= 11 is 5.91. The first-order chi connectivity index (χ1) is 12.8. The van der Waals surface area contributed by atoms with Crippen LogP contribution in [0.15, 0.2) is 47.6 Å².